The van der Waals surface area contributed by atoms with Gasteiger partial charge in [-0.05, 0) is 0 Å². The van der Waals surface area contributed by atoms with Crippen LogP contribution in [-0.2, 0) is 33.6 Å². The smallest absolute Gasteiger partial charge is 0.172 e. The Bertz CT molecular complexity index is 431. The molecule has 0 fully saturated rings. The molecular formula is C18H17Co2Se-3. The fourth-order valence-corrected chi connectivity index (χ4v) is 1.52. The zero-order chi connectivity index (χ0) is 13.6. The molecule has 0 saturated heterocycles. The van der Waals surface area contributed by atoms with Gasteiger partial charge in [0.1, 0.15) is 0 Å². The van der Waals surface area contributed by atoms with Crippen molar-refractivity contribution in [3.05, 3.63) is 104 Å². The van der Waals surface area contributed by atoms with Crippen molar-refractivity contribution in [1.29, 1.82) is 0 Å². The summed E-state index contributed by atoms with van der Waals surface area (Å²) in [7, 11) is 0. The molecule has 0 aromatic heterocycles. The van der Waals surface area contributed by atoms with Crippen LogP contribution < -0.4 is 0 Å². The normalized spacial score (nSPS) is 15.5. The summed E-state index contributed by atoms with van der Waals surface area (Å²) in [4.78, 5) is 0. The van der Waals surface area contributed by atoms with Gasteiger partial charge in [0.05, 0.1) is 0 Å². The van der Waals surface area contributed by atoms with Gasteiger partial charge in [-0.3, -0.25) is 0 Å². The molecule has 116 valence electrons. The van der Waals surface area contributed by atoms with Crippen LogP contribution >= 0.6 is 0 Å². The third-order valence-electron chi connectivity index (χ3n) is 2.08. The second kappa shape index (κ2) is 17.2. The molecule has 3 heteroatoms. The van der Waals surface area contributed by atoms with Crippen molar-refractivity contribution in [1.82, 2.24) is 0 Å². The molecule has 0 aliphatic heterocycles. The van der Waals surface area contributed by atoms with Gasteiger partial charge in [0.25, 0.3) is 0 Å². The van der Waals surface area contributed by atoms with Crippen LogP contribution in [0.4, 0.5) is 0 Å². The van der Waals surface area contributed by atoms with Crippen molar-refractivity contribution < 1.29 is 33.6 Å². The van der Waals surface area contributed by atoms with E-state index in [0.717, 1.165) is 4.42 Å². The molecule has 2 radical (unpaired) electrons. The Hall–Kier alpha value is -0.808. The van der Waals surface area contributed by atoms with Gasteiger partial charge in [0.2, 0.25) is 0 Å². The Kier molecular flexibility index (Phi) is 18.5. The number of hydrogen-bond acceptors (Lipinski definition) is 0. The predicted molar refractivity (Wildman–Crippen MR) is 86.6 cm³/mol. The maximum Gasteiger partial charge on any atom is -0.172 e. The van der Waals surface area contributed by atoms with E-state index in [1.807, 2.05) is 104 Å². The summed E-state index contributed by atoms with van der Waals surface area (Å²) in [5, 5.41) is 0. The minimum absolute atomic E-state index is 0. The Morgan fingerprint density at radius 1 is 0.667 bits per heavy atom. The predicted octanol–water partition coefficient (Wildman–Crippen LogP) is 4.02. The summed E-state index contributed by atoms with van der Waals surface area (Å²) in [6, 6.07) is 20.0. The van der Waals surface area contributed by atoms with Crippen molar-refractivity contribution in [2.45, 2.75) is 0 Å². The van der Waals surface area contributed by atoms with Gasteiger partial charge in [-0.15, -0.1) is 0 Å². The average molecular weight is 430 g/mol. The summed E-state index contributed by atoms with van der Waals surface area (Å²) < 4.78 is 1.16. The van der Waals surface area contributed by atoms with E-state index < -0.39 is 0 Å². The van der Waals surface area contributed by atoms with Gasteiger partial charge in [0, 0.05) is 33.6 Å². The Labute approximate surface area is 156 Å². The van der Waals surface area contributed by atoms with Gasteiger partial charge in [0.15, 0.2) is 0 Å². The van der Waals surface area contributed by atoms with Crippen LogP contribution in [0, 0.1) is 6.42 Å². The molecule has 2 aromatic carbocycles. The van der Waals surface area contributed by atoms with Crippen LogP contribution in [0.5, 0.6) is 0 Å². The Morgan fingerprint density at radius 3 is 1.57 bits per heavy atom. The second-order valence-corrected chi connectivity index (χ2v) is 4.61. The minimum atomic E-state index is 0. The molecule has 0 N–H and O–H groups in total. The molecule has 3 rings (SSSR count). The largest absolute Gasteiger partial charge is 0.214 e. The standard InChI is InChI=1S/C8H7Se.2C5H5.2Co/c9-8-6-4-2-1-3-5-7-8;2*1-2-4-5-3-1;;/h1-7H;2*1-5H;;/q3*-1;;/b2-1-,5-3-,6-4-;;;;. The molecule has 21 heavy (non-hydrogen) atoms. The van der Waals surface area contributed by atoms with Crippen LogP contribution in [0.1, 0.15) is 0 Å². The summed E-state index contributed by atoms with van der Waals surface area (Å²) >= 11 is 2.94. The van der Waals surface area contributed by atoms with E-state index in [2.05, 4.69) is 15.6 Å². The maximum atomic E-state index is 2.94. The quantitative estimate of drug-likeness (QED) is 0.438. The molecule has 0 spiro atoms. The molecule has 0 amide bonds. The number of hydrogen-bond donors (Lipinski definition) is 0. The van der Waals surface area contributed by atoms with E-state index in [4.69, 9.17) is 0 Å². The van der Waals surface area contributed by atoms with Crippen LogP contribution in [0.15, 0.2) is 97.1 Å². The Morgan fingerprint density at radius 2 is 1.14 bits per heavy atom. The molecule has 0 saturated carbocycles. The SMILES string of the molecule is [Co].[Co].[Se]=C1\C=C/C=C\C=C/[CH-]1.c1cc[cH-]c1.c1cc[cH-]c1. The van der Waals surface area contributed by atoms with Crippen molar-refractivity contribution >= 4 is 20.0 Å². The number of allylic oxidation sites excluding steroid dienone is 6. The van der Waals surface area contributed by atoms with Crippen LogP contribution in [0.25, 0.3) is 0 Å². The van der Waals surface area contributed by atoms with Crippen LogP contribution in [0.2, 0.25) is 0 Å². The van der Waals surface area contributed by atoms with Gasteiger partial charge < -0.3 is 0 Å². The first-order valence-electron chi connectivity index (χ1n) is 6.11. The zero-order valence-corrected chi connectivity index (χ0v) is 15.2. The van der Waals surface area contributed by atoms with E-state index in [-0.39, 0.29) is 33.6 Å². The monoisotopic (exact) mass is 431 g/mol. The molecular weight excluding hydrogens is 413 g/mol. The van der Waals surface area contributed by atoms with Crippen molar-refractivity contribution in [2.75, 3.05) is 0 Å². The number of rotatable bonds is 0. The fraction of sp³-hybridized carbons (Fsp3) is 0. The van der Waals surface area contributed by atoms with Crippen LogP contribution in [-0.4, -0.2) is 20.0 Å². The zero-order valence-electron chi connectivity index (χ0n) is 11.4. The topological polar surface area (TPSA) is 0 Å². The van der Waals surface area contributed by atoms with Crippen molar-refractivity contribution in [3.63, 3.8) is 0 Å². The molecule has 0 unspecified atom stereocenters. The van der Waals surface area contributed by atoms with Gasteiger partial charge in [-0.2, -0.15) is 36.4 Å². The second-order valence-electron chi connectivity index (χ2n) is 3.62. The van der Waals surface area contributed by atoms with Crippen LogP contribution in [0.3, 0.4) is 0 Å². The summed E-state index contributed by atoms with van der Waals surface area (Å²) in [6.45, 7) is 0. The fourth-order valence-electron chi connectivity index (χ4n) is 1.19. The summed E-state index contributed by atoms with van der Waals surface area (Å²) in [6.07, 6.45) is 14.1. The van der Waals surface area contributed by atoms with Gasteiger partial charge in [-0.1, -0.05) is 0 Å². The molecule has 2 aromatic rings. The first-order valence-corrected chi connectivity index (χ1v) is 6.97. The van der Waals surface area contributed by atoms with E-state index >= 15 is 0 Å². The maximum absolute atomic E-state index is 2.94. The molecule has 0 bridgehead atoms. The van der Waals surface area contributed by atoms with E-state index in [1.165, 1.54) is 0 Å². The van der Waals surface area contributed by atoms with Crippen molar-refractivity contribution in [3.8, 4) is 0 Å². The summed E-state index contributed by atoms with van der Waals surface area (Å²) in [5.41, 5.74) is 0. The van der Waals surface area contributed by atoms with E-state index in [1.54, 1.807) is 0 Å². The van der Waals surface area contributed by atoms with E-state index in [9.17, 15) is 0 Å². The molecule has 0 heterocycles. The first-order chi connectivity index (χ1) is 9.39. The third kappa shape index (κ3) is 15.4. The van der Waals surface area contributed by atoms with Gasteiger partial charge in [-0.25, -0.2) is 24.3 Å². The summed E-state index contributed by atoms with van der Waals surface area (Å²) in [5.74, 6) is 0. The minimum Gasteiger partial charge on any atom is -0.214 e. The molecule has 0 nitrogen and oxygen atoms in total. The molecule has 1 aliphatic carbocycles. The molecule has 1 aliphatic rings. The van der Waals surface area contributed by atoms with E-state index in [0.29, 0.717) is 0 Å². The third-order valence-corrected chi connectivity index (χ3v) is 2.65. The van der Waals surface area contributed by atoms with Gasteiger partial charge >= 0.3 is 62.9 Å². The first kappa shape index (κ1) is 22.5. The average Bonchev–Trinajstić information content (AvgIpc) is 3.09. The van der Waals surface area contributed by atoms with Crippen molar-refractivity contribution in [2.24, 2.45) is 0 Å². The molecule has 0 atom stereocenters. The Balaban J connectivity index is 0.